The molecule has 18 heavy (non-hydrogen) atoms. The Labute approximate surface area is 107 Å². The maximum atomic E-state index is 12.0. The average molecular weight is 258 g/mol. The Bertz CT molecular complexity index is 277. The van der Waals surface area contributed by atoms with Crippen LogP contribution in [-0.4, -0.2) is 61.3 Å². The first-order chi connectivity index (χ1) is 8.65. The highest BCUT2D eigenvalue weighted by atomic mass is 16.5. The van der Waals surface area contributed by atoms with E-state index in [9.17, 15) is 9.59 Å². The molecule has 1 fully saturated rings. The van der Waals surface area contributed by atoms with Crippen LogP contribution in [0.15, 0.2) is 0 Å². The number of amides is 1. The van der Waals surface area contributed by atoms with Crippen LogP contribution in [0.4, 0.5) is 0 Å². The van der Waals surface area contributed by atoms with Gasteiger partial charge in [-0.05, 0) is 12.8 Å². The van der Waals surface area contributed by atoms with Gasteiger partial charge in [-0.25, -0.2) is 0 Å². The highest BCUT2D eigenvalue weighted by Crippen LogP contribution is 2.23. The van der Waals surface area contributed by atoms with E-state index in [1.165, 1.54) is 4.90 Å². The van der Waals surface area contributed by atoms with E-state index in [2.05, 4.69) is 5.32 Å². The Hall–Kier alpha value is -1.14. The van der Waals surface area contributed by atoms with E-state index in [1.807, 2.05) is 0 Å². The van der Waals surface area contributed by atoms with Crippen LogP contribution >= 0.6 is 0 Å². The molecule has 1 amide bonds. The number of methoxy groups -OCH3 is 1. The molecule has 1 aliphatic rings. The van der Waals surface area contributed by atoms with Crippen LogP contribution < -0.4 is 5.32 Å². The van der Waals surface area contributed by atoms with E-state index in [1.54, 1.807) is 7.11 Å². The summed E-state index contributed by atoms with van der Waals surface area (Å²) in [4.78, 5) is 24.3. The number of carbonyl (C=O) groups excluding carboxylic acids is 1. The minimum atomic E-state index is -0.952. The maximum Gasteiger partial charge on any atom is 0.323 e. The Morgan fingerprint density at radius 3 is 2.61 bits per heavy atom. The molecular formula is C12H22N2O4. The van der Waals surface area contributed by atoms with Crippen molar-refractivity contribution in [1.82, 2.24) is 10.2 Å². The van der Waals surface area contributed by atoms with Crippen molar-refractivity contribution in [2.45, 2.75) is 31.7 Å². The van der Waals surface area contributed by atoms with Gasteiger partial charge in [-0.1, -0.05) is 12.8 Å². The highest BCUT2D eigenvalue weighted by molar-refractivity contribution is 5.83. The lowest BCUT2D eigenvalue weighted by Crippen LogP contribution is -2.46. The Morgan fingerprint density at radius 2 is 2.06 bits per heavy atom. The van der Waals surface area contributed by atoms with Crippen LogP contribution in [-0.2, 0) is 14.3 Å². The molecule has 0 spiro atoms. The Morgan fingerprint density at radius 1 is 1.39 bits per heavy atom. The number of ether oxygens (including phenoxy) is 1. The molecule has 1 aliphatic carbocycles. The molecule has 104 valence electrons. The smallest absolute Gasteiger partial charge is 0.323 e. The number of carboxylic acid groups (broad SMARTS) is 1. The second-order valence-electron chi connectivity index (χ2n) is 4.52. The fourth-order valence-electron chi connectivity index (χ4n) is 2.25. The van der Waals surface area contributed by atoms with Gasteiger partial charge in [0, 0.05) is 19.7 Å². The third kappa shape index (κ3) is 5.01. The van der Waals surface area contributed by atoms with Gasteiger partial charge in [0.05, 0.1) is 13.2 Å². The minimum absolute atomic E-state index is 0.0952. The van der Waals surface area contributed by atoms with Crippen LogP contribution in [0.5, 0.6) is 0 Å². The molecule has 1 rings (SSSR count). The molecule has 6 heteroatoms. The zero-order valence-corrected chi connectivity index (χ0v) is 10.9. The average Bonchev–Trinajstić information content (AvgIpc) is 2.84. The fourth-order valence-corrected chi connectivity index (χ4v) is 2.25. The van der Waals surface area contributed by atoms with E-state index in [0.717, 1.165) is 25.7 Å². The molecular weight excluding hydrogens is 236 g/mol. The quantitative estimate of drug-likeness (QED) is 0.603. The molecule has 0 aliphatic heterocycles. The monoisotopic (exact) mass is 258 g/mol. The minimum Gasteiger partial charge on any atom is -0.480 e. The van der Waals surface area contributed by atoms with Gasteiger partial charge in [0.1, 0.15) is 6.54 Å². The second-order valence-corrected chi connectivity index (χ2v) is 4.52. The van der Waals surface area contributed by atoms with Crippen LogP contribution in [0.3, 0.4) is 0 Å². The van der Waals surface area contributed by atoms with Crippen molar-refractivity contribution in [1.29, 1.82) is 0 Å². The van der Waals surface area contributed by atoms with Gasteiger partial charge in [-0.3, -0.25) is 9.59 Å². The number of rotatable bonds is 8. The molecule has 0 bridgehead atoms. The first-order valence-electron chi connectivity index (χ1n) is 6.36. The number of nitrogens with one attached hydrogen (secondary N) is 1. The normalized spacial score (nSPS) is 15.8. The molecule has 0 unspecified atom stereocenters. The first kappa shape index (κ1) is 14.9. The summed E-state index contributed by atoms with van der Waals surface area (Å²) in [6.45, 7) is 1.10. The van der Waals surface area contributed by atoms with Crippen molar-refractivity contribution in [3.63, 3.8) is 0 Å². The number of hydrogen-bond acceptors (Lipinski definition) is 4. The van der Waals surface area contributed by atoms with Crippen LogP contribution in [0.2, 0.25) is 0 Å². The predicted octanol–water partition coefficient (Wildman–Crippen LogP) is 0.0782. The molecule has 2 N–H and O–H groups in total. The summed E-state index contributed by atoms with van der Waals surface area (Å²) in [7, 11) is 1.60. The van der Waals surface area contributed by atoms with Gasteiger partial charge in [0.25, 0.3) is 0 Å². The Balaban J connectivity index is 2.42. The SMILES string of the molecule is COCCNCC(=O)N(CC(=O)O)C1CCCC1. The summed E-state index contributed by atoms with van der Waals surface area (Å²) in [5.41, 5.74) is 0. The maximum absolute atomic E-state index is 12.0. The number of hydrogen-bond donors (Lipinski definition) is 2. The fraction of sp³-hybridized carbons (Fsp3) is 0.833. The number of carboxylic acids is 1. The summed E-state index contributed by atoms with van der Waals surface area (Å²) in [5, 5.41) is 11.8. The van der Waals surface area contributed by atoms with Gasteiger partial charge in [-0.15, -0.1) is 0 Å². The highest BCUT2D eigenvalue weighted by Gasteiger charge is 2.27. The molecule has 0 aromatic heterocycles. The lowest BCUT2D eigenvalue weighted by molar-refractivity contribution is -0.145. The van der Waals surface area contributed by atoms with Gasteiger partial charge in [0.2, 0.25) is 5.91 Å². The zero-order valence-electron chi connectivity index (χ0n) is 10.9. The zero-order chi connectivity index (χ0) is 13.4. The van der Waals surface area contributed by atoms with Crippen LogP contribution in [0, 0.1) is 0 Å². The lowest BCUT2D eigenvalue weighted by Gasteiger charge is -2.27. The van der Waals surface area contributed by atoms with Crippen molar-refractivity contribution in [2.75, 3.05) is 33.4 Å². The molecule has 0 saturated heterocycles. The molecule has 1 saturated carbocycles. The molecule has 6 nitrogen and oxygen atoms in total. The summed E-state index contributed by atoms with van der Waals surface area (Å²) < 4.78 is 4.87. The lowest BCUT2D eigenvalue weighted by atomic mass is 10.2. The third-order valence-corrected chi connectivity index (χ3v) is 3.15. The summed E-state index contributed by atoms with van der Waals surface area (Å²) in [6.07, 6.45) is 3.98. The summed E-state index contributed by atoms with van der Waals surface area (Å²) in [6, 6.07) is 0.0952. The van der Waals surface area contributed by atoms with Crippen LogP contribution in [0.1, 0.15) is 25.7 Å². The predicted molar refractivity (Wildman–Crippen MR) is 66.4 cm³/mol. The third-order valence-electron chi connectivity index (χ3n) is 3.15. The van der Waals surface area contributed by atoms with E-state index in [4.69, 9.17) is 9.84 Å². The number of aliphatic carboxylic acids is 1. The summed E-state index contributed by atoms with van der Waals surface area (Å²) >= 11 is 0. The van der Waals surface area contributed by atoms with Crippen molar-refractivity contribution in [3.05, 3.63) is 0 Å². The van der Waals surface area contributed by atoms with Crippen molar-refractivity contribution in [2.24, 2.45) is 0 Å². The number of carbonyl (C=O) groups is 2. The van der Waals surface area contributed by atoms with Crippen molar-refractivity contribution >= 4 is 11.9 Å². The van der Waals surface area contributed by atoms with Gasteiger partial charge >= 0.3 is 5.97 Å². The molecule has 0 aromatic carbocycles. The Kier molecular flexibility index (Phi) is 6.67. The number of nitrogens with zero attached hydrogens (tertiary/aromatic N) is 1. The van der Waals surface area contributed by atoms with E-state index in [-0.39, 0.29) is 25.0 Å². The summed E-state index contributed by atoms with van der Waals surface area (Å²) in [5.74, 6) is -1.09. The van der Waals surface area contributed by atoms with E-state index in [0.29, 0.717) is 13.2 Å². The standard InChI is InChI=1S/C12H22N2O4/c1-18-7-6-13-8-11(15)14(9-12(16)17)10-4-2-3-5-10/h10,13H,2-9H2,1H3,(H,16,17). The van der Waals surface area contributed by atoms with Crippen molar-refractivity contribution in [3.8, 4) is 0 Å². The molecule has 0 heterocycles. The van der Waals surface area contributed by atoms with E-state index < -0.39 is 5.97 Å². The molecule has 0 atom stereocenters. The van der Waals surface area contributed by atoms with Gasteiger partial charge < -0.3 is 20.1 Å². The van der Waals surface area contributed by atoms with Gasteiger partial charge in [-0.2, -0.15) is 0 Å². The van der Waals surface area contributed by atoms with Crippen LogP contribution in [0.25, 0.3) is 0 Å². The van der Waals surface area contributed by atoms with Gasteiger partial charge in [0.15, 0.2) is 0 Å². The van der Waals surface area contributed by atoms with E-state index >= 15 is 0 Å². The molecule has 0 aromatic rings. The largest absolute Gasteiger partial charge is 0.480 e. The first-order valence-corrected chi connectivity index (χ1v) is 6.36. The topological polar surface area (TPSA) is 78.9 Å². The second kappa shape index (κ2) is 8.05. The van der Waals surface area contributed by atoms with Crippen molar-refractivity contribution < 1.29 is 19.4 Å². The molecule has 0 radical (unpaired) electrons.